The first-order chi connectivity index (χ1) is 7.67. The Hall–Kier alpha value is -0.0557. The molecule has 3 nitrogen and oxygen atoms in total. The third kappa shape index (κ3) is 38.8. The molecule has 0 aliphatic carbocycles. The number of aryl methyl sites for hydroxylation is 1. The van der Waals surface area contributed by atoms with Gasteiger partial charge in [-0.15, -0.1) is 0 Å². The van der Waals surface area contributed by atoms with Gasteiger partial charge in [0.15, 0.2) is 0 Å². The summed E-state index contributed by atoms with van der Waals surface area (Å²) in [5.74, 6) is 0. The monoisotopic (exact) mass is 273 g/mol. The van der Waals surface area contributed by atoms with Crippen LogP contribution in [0.1, 0.15) is 12.5 Å². The summed E-state index contributed by atoms with van der Waals surface area (Å²) in [6.07, 6.45) is 1.16. The van der Waals surface area contributed by atoms with Crippen molar-refractivity contribution in [1.82, 2.24) is 0 Å². The second-order valence-corrected chi connectivity index (χ2v) is 2.99. The molecule has 0 unspecified atom stereocenters. The van der Waals surface area contributed by atoms with Crippen LogP contribution in [-0.4, -0.2) is 42.3 Å². The molecule has 0 fully saturated rings. The molecule has 0 saturated heterocycles. The van der Waals surface area contributed by atoms with Gasteiger partial charge in [-0.3, -0.25) is 0 Å². The van der Waals surface area contributed by atoms with Gasteiger partial charge in [-0.2, -0.15) is 60.0 Å². The summed E-state index contributed by atoms with van der Waals surface area (Å²) in [6.45, 7) is 2.16. The largest absolute Gasteiger partial charge is 4.00 e. The van der Waals surface area contributed by atoms with E-state index >= 15 is 0 Å². The van der Waals surface area contributed by atoms with E-state index in [1.54, 1.807) is 42.3 Å². The zero-order chi connectivity index (χ0) is 13.2. The first-order valence-corrected chi connectivity index (χ1v) is 5.32. The Kier molecular flexibility index (Phi) is 45.0. The van der Waals surface area contributed by atoms with Crippen LogP contribution in [0.3, 0.4) is 0 Å². The Morgan fingerprint density at radius 3 is 1.12 bits per heavy atom. The zero-order valence-electron chi connectivity index (χ0n) is 12.4. The van der Waals surface area contributed by atoms with Gasteiger partial charge in [0.1, 0.15) is 0 Å². The van der Waals surface area contributed by atoms with E-state index in [-0.39, 0.29) is 21.7 Å². The fourth-order valence-electron chi connectivity index (χ4n) is 0.650. The van der Waals surface area contributed by atoms with E-state index in [0.29, 0.717) is 0 Å². The number of hydrogen-bond donors (Lipinski definition) is 0. The molecule has 98 valence electrons. The van der Waals surface area contributed by atoms with Crippen LogP contribution in [-0.2, 0) is 28.1 Å². The van der Waals surface area contributed by atoms with Gasteiger partial charge in [0, 0.05) is 0 Å². The summed E-state index contributed by atoms with van der Waals surface area (Å²) >= 11 is 0. The van der Waals surface area contributed by atoms with Crippen molar-refractivity contribution in [3.8, 4) is 0 Å². The first-order valence-electron chi connectivity index (χ1n) is 5.32. The Morgan fingerprint density at radius 2 is 1.00 bits per heavy atom. The maximum atomic E-state index is 3.50. The van der Waals surface area contributed by atoms with Crippen LogP contribution in [0.25, 0.3) is 16.0 Å². The predicted molar refractivity (Wildman–Crippen MR) is 77.0 cm³/mol. The molecule has 0 saturated carbocycles. The van der Waals surface area contributed by atoms with Gasteiger partial charge in [-0.25, -0.2) is 12.1 Å². The molecule has 0 amide bonds. The standard InChI is InChI=1S/C7H9.3C2H6N.Ti/c1-2-7-5-3-4-6-7;3*1-3-2;/h3-6H,2H2,1H3;3*1-2H3;/q4*-1;+4. The van der Waals surface area contributed by atoms with Crippen LogP contribution in [0.4, 0.5) is 0 Å². The van der Waals surface area contributed by atoms with Crippen molar-refractivity contribution in [2.75, 3.05) is 42.3 Å². The minimum atomic E-state index is 0. The van der Waals surface area contributed by atoms with Crippen LogP contribution >= 0.6 is 0 Å². The fraction of sp³-hybridized carbons (Fsp3) is 0.615. The maximum absolute atomic E-state index is 3.50. The van der Waals surface area contributed by atoms with Crippen molar-refractivity contribution < 1.29 is 21.7 Å². The van der Waals surface area contributed by atoms with E-state index in [0.717, 1.165) is 6.42 Å². The molecule has 0 heterocycles. The Morgan fingerprint density at radius 1 is 0.765 bits per heavy atom. The normalized spacial score (nSPS) is 7.00. The summed E-state index contributed by atoms with van der Waals surface area (Å²) in [4.78, 5) is 0. The zero-order valence-corrected chi connectivity index (χ0v) is 13.9. The number of hydrogen-bond acceptors (Lipinski definition) is 0. The topological polar surface area (TPSA) is 42.3 Å². The van der Waals surface area contributed by atoms with E-state index in [9.17, 15) is 0 Å². The van der Waals surface area contributed by atoms with Gasteiger partial charge >= 0.3 is 21.7 Å². The van der Waals surface area contributed by atoms with Crippen molar-refractivity contribution in [1.29, 1.82) is 0 Å². The Balaban J connectivity index is -0.0000000734. The van der Waals surface area contributed by atoms with Crippen molar-refractivity contribution in [3.05, 3.63) is 45.8 Å². The van der Waals surface area contributed by atoms with Crippen molar-refractivity contribution in [3.63, 3.8) is 0 Å². The molecule has 0 aliphatic rings. The molecule has 0 aliphatic heterocycles. The minimum absolute atomic E-state index is 0. The molecular formula is C13H27N3Ti. The molecule has 0 atom stereocenters. The van der Waals surface area contributed by atoms with Crippen LogP contribution < -0.4 is 0 Å². The van der Waals surface area contributed by atoms with Crippen LogP contribution in [0.2, 0.25) is 0 Å². The minimum Gasteiger partial charge on any atom is -0.668 e. The molecule has 1 rings (SSSR count). The summed E-state index contributed by atoms with van der Waals surface area (Å²) in [5, 5.41) is 10.5. The molecule has 0 spiro atoms. The van der Waals surface area contributed by atoms with Crippen LogP contribution in [0.15, 0.2) is 24.3 Å². The van der Waals surface area contributed by atoms with Crippen LogP contribution in [0, 0.1) is 0 Å². The second-order valence-electron chi connectivity index (χ2n) is 2.99. The average Bonchev–Trinajstić information content (AvgIpc) is 2.73. The van der Waals surface area contributed by atoms with E-state index in [4.69, 9.17) is 0 Å². The third-order valence-electron chi connectivity index (χ3n) is 1.14. The molecule has 1 aromatic rings. The van der Waals surface area contributed by atoms with E-state index in [1.807, 2.05) is 0 Å². The SMILES string of the molecule is CC[c-]1cccc1.C[N-]C.C[N-]C.C[N-]C.[Ti+4]. The van der Waals surface area contributed by atoms with Gasteiger partial charge in [-0.1, -0.05) is 13.3 Å². The third-order valence-corrected chi connectivity index (χ3v) is 1.14. The molecular weight excluding hydrogens is 246 g/mol. The summed E-state index contributed by atoms with van der Waals surface area (Å²) < 4.78 is 0. The second kappa shape index (κ2) is 29.7. The van der Waals surface area contributed by atoms with E-state index in [2.05, 4.69) is 47.1 Å². The number of rotatable bonds is 1. The van der Waals surface area contributed by atoms with Gasteiger partial charge in [-0.05, 0) is 0 Å². The van der Waals surface area contributed by atoms with Gasteiger partial charge in [0.25, 0.3) is 0 Å². The van der Waals surface area contributed by atoms with Gasteiger partial charge in [0.05, 0.1) is 0 Å². The Labute approximate surface area is 123 Å². The average molecular weight is 273 g/mol. The smallest absolute Gasteiger partial charge is 0.668 e. The van der Waals surface area contributed by atoms with Crippen molar-refractivity contribution >= 4 is 0 Å². The summed E-state index contributed by atoms with van der Waals surface area (Å²) in [5.41, 5.74) is 1.43. The van der Waals surface area contributed by atoms with E-state index in [1.165, 1.54) is 5.56 Å². The summed E-state index contributed by atoms with van der Waals surface area (Å²) in [7, 11) is 10.5. The molecule has 4 heteroatoms. The van der Waals surface area contributed by atoms with Crippen LogP contribution in [0.5, 0.6) is 0 Å². The molecule has 0 N–H and O–H groups in total. The molecule has 1 aromatic carbocycles. The van der Waals surface area contributed by atoms with Crippen molar-refractivity contribution in [2.24, 2.45) is 0 Å². The predicted octanol–water partition coefficient (Wildman–Crippen LogP) is 3.82. The maximum Gasteiger partial charge on any atom is 4.00 e. The molecule has 0 aromatic heterocycles. The fourth-order valence-corrected chi connectivity index (χ4v) is 0.650. The van der Waals surface area contributed by atoms with Gasteiger partial charge < -0.3 is 16.0 Å². The first kappa shape index (κ1) is 25.7. The summed E-state index contributed by atoms with van der Waals surface area (Å²) in [6, 6.07) is 8.41. The number of nitrogens with zero attached hydrogens (tertiary/aromatic N) is 3. The quantitative estimate of drug-likeness (QED) is 0.551. The van der Waals surface area contributed by atoms with Crippen molar-refractivity contribution in [2.45, 2.75) is 13.3 Å². The molecule has 17 heavy (non-hydrogen) atoms. The molecule has 0 radical (unpaired) electrons. The van der Waals surface area contributed by atoms with E-state index < -0.39 is 0 Å². The Bertz CT molecular complexity index is 160. The van der Waals surface area contributed by atoms with Gasteiger partial charge in [0.2, 0.25) is 0 Å². The molecule has 0 bridgehead atoms.